The number of hydrogen-bond acceptors (Lipinski definition) is 5. The lowest BCUT2D eigenvalue weighted by Gasteiger charge is -2.54. The van der Waals surface area contributed by atoms with E-state index >= 15 is 0 Å². The molecule has 1 heterocycles. The monoisotopic (exact) mass is 548 g/mol. The summed E-state index contributed by atoms with van der Waals surface area (Å²) in [5, 5.41) is 23.6. The molecule has 5 nitrogen and oxygen atoms in total. The standard InChI is InChI=1S/C35H48O5/c1-7-11-24-20-35-31(38)28(32(39)40-35)30(37)34(8-2)25(15-16-26-27(34)17-14-22(4)29(26)36)13-10-9-12-21(3)18-33(35,6)19-23(24)5/h9-10,15-16,18-19,22,24-27,29,36-37H,7-8,11-14,17,20H2,1-6H3/t22-,24-,25+,26-,27+,29-,33-,34+,35+/m0/s1. The van der Waals surface area contributed by atoms with Crippen molar-refractivity contribution >= 4 is 11.8 Å². The molecule has 0 amide bonds. The second-order valence-electron chi connectivity index (χ2n) is 13.6. The predicted octanol–water partition coefficient (Wildman–Crippen LogP) is 7.34. The highest BCUT2D eigenvalue weighted by atomic mass is 16.6. The molecule has 4 aliphatic carbocycles. The molecule has 5 heteroatoms. The van der Waals surface area contributed by atoms with Crippen molar-refractivity contribution in [3.8, 4) is 0 Å². The number of carbonyl (C=O) groups is 2. The zero-order valence-corrected chi connectivity index (χ0v) is 25.2. The Balaban J connectivity index is 1.76. The van der Waals surface area contributed by atoms with Crippen molar-refractivity contribution in [2.45, 2.75) is 105 Å². The van der Waals surface area contributed by atoms with Crippen LogP contribution in [0.1, 0.15) is 92.9 Å². The van der Waals surface area contributed by atoms with E-state index in [4.69, 9.17) is 4.74 Å². The van der Waals surface area contributed by atoms with Crippen LogP contribution < -0.4 is 0 Å². The van der Waals surface area contributed by atoms with Gasteiger partial charge in [0.15, 0.2) is 5.60 Å². The average Bonchev–Trinajstić information content (AvgIpc) is 3.16. The maximum absolute atomic E-state index is 14.8. The normalized spacial score (nSPS) is 43.4. The Morgan fingerprint density at radius 3 is 2.52 bits per heavy atom. The SMILES string of the molecule is CCC[C@H]1C[C@]23OC(=O)C(=C(O)[C@@]4(CC)[C@@H]5CC[C@H](C)[C@H](O)[C@H]5C=C[C@H]4CC=CCC(C)=C[C@@]2(C)C=C1C)C3=O. The van der Waals surface area contributed by atoms with Crippen molar-refractivity contribution in [3.05, 3.63) is 58.9 Å². The molecular formula is C35H48O5. The van der Waals surface area contributed by atoms with Crippen molar-refractivity contribution in [3.63, 3.8) is 0 Å². The molecule has 0 aromatic carbocycles. The van der Waals surface area contributed by atoms with Crippen molar-refractivity contribution < 1.29 is 24.5 Å². The third-order valence-corrected chi connectivity index (χ3v) is 11.3. The third-order valence-electron chi connectivity index (χ3n) is 11.3. The number of Topliss-reactive ketones (excluding diaryl/α,β-unsaturated/α-hetero) is 1. The number of aliphatic hydroxyl groups excluding tert-OH is 2. The topological polar surface area (TPSA) is 83.8 Å². The van der Waals surface area contributed by atoms with Crippen molar-refractivity contribution in [2.75, 3.05) is 0 Å². The number of aliphatic hydroxyl groups is 2. The van der Waals surface area contributed by atoms with Crippen molar-refractivity contribution in [1.82, 2.24) is 0 Å². The number of fused-ring (bicyclic) bond motifs is 4. The second kappa shape index (κ2) is 10.5. The summed E-state index contributed by atoms with van der Waals surface area (Å²) in [6.45, 7) is 12.5. The first-order valence-electron chi connectivity index (χ1n) is 15.6. The number of hydrogen-bond donors (Lipinski definition) is 2. The highest BCUT2D eigenvalue weighted by molar-refractivity contribution is 6.26. The van der Waals surface area contributed by atoms with Crippen LogP contribution in [0.25, 0.3) is 0 Å². The number of ether oxygens (including phenoxy) is 1. The minimum Gasteiger partial charge on any atom is -0.511 e. The Morgan fingerprint density at radius 1 is 1.07 bits per heavy atom. The zero-order valence-electron chi connectivity index (χ0n) is 25.2. The Labute approximate surface area is 240 Å². The molecule has 0 radical (unpaired) electrons. The van der Waals surface area contributed by atoms with Crippen LogP contribution >= 0.6 is 0 Å². The van der Waals surface area contributed by atoms with Crippen LogP contribution in [0, 0.1) is 40.4 Å². The smallest absolute Gasteiger partial charge is 0.346 e. The van der Waals surface area contributed by atoms with Gasteiger partial charge < -0.3 is 14.9 Å². The summed E-state index contributed by atoms with van der Waals surface area (Å²) in [6, 6.07) is 0. The highest BCUT2D eigenvalue weighted by Crippen LogP contribution is 2.60. The van der Waals surface area contributed by atoms with E-state index < -0.39 is 28.5 Å². The third kappa shape index (κ3) is 4.13. The first-order valence-corrected chi connectivity index (χ1v) is 15.6. The summed E-state index contributed by atoms with van der Waals surface area (Å²) in [5.74, 6) is -1.20. The second-order valence-corrected chi connectivity index (χ2v) is 13.6. The van der Waals surface area contributed by atoms with Crippen LogP contribution in [0.3, 0.4) is 0 Å². The molecule has 2 fully saturated rings. The van der Waals surface area contributed by atoms with E-state index in [1.165, 1.54) is 5.57 Å². The summed E-state index contributed by atoms with van der Waals surface area (Å²) in [5.41, 5.74) is -0.868. The fourth-order valence-electron chi connectivity index (χ4n) is 9.14. The van der Waals surface area contributed by atoms with Gasteiger partial charge in [-0.2, -0.15) is 0 Å². The lowest BCUT2D eigenvalue weighted by atomic mass is 9.51. The number of ketones is 1. The Kier molecular flexibility index (Phi) is 7.61. The van der Waals surface area contributed by atoms with Gasteiger partial charge in [-0.1, -0.05) is 74.8 Å². The Morgan fingerprint density at radius 2 is 1.82 bits per heavy atom. The zero-order chi connectivity index (χ0) is 29.0. The minimum atomic E-state index is -1.39. The molecule has 1 saturated heterocycles. The molecule has 1 aliphatic heterocycles. The molecule has 0 unspecified atom stereocenters. The maximum Gasteiger partial charge on any atom is 0.346 e. The van der Waals surface area contributed by atoms with Crippen molar-refractivity contribution in [1.29, 1.82) is 0 Å². The minimum absolute atomic E-state index is 0.0746. The van der Waals surface area contributed by atoms with Gasteiger partial charge in [-0.3, -0.25) is 4.79 Å². The molecule has 2 bridgehead atoms. The van der Waals surface area contributed by atoms with E-state index in [0.717, 1.165) is 37.7 Å². The molecule has 1 spiro atoms. The van der Waals surface area contributed by atoms with Gasteiger partial charge in [-0.05, 0) is 83.0 Å². The predicted molar refractivity (Wildman–Crippen MR) is 157 cm³/mol. The van der Waals surface area contributed by atoms with E-state index in [9.17, 15) is 19.8 Å². The summed E-state index contributed by atoms with van der Waals surface area (Å²) < 4.78 is 6.28. The summed E-state index contributed by atoms with van der Waals surface area (Å²) >= 11 is 0. The van der Waals surface area contributed by atoms with E-state index in [2.05, 4.69) is 64.2 Å². The van der Waals surface area contributed by atoms with E-state index in [0.29, 0.717) is 19.3 Å². The highest BCUT2D eigenvalue weighted by Gasteiger charge is 2.66. The first-order chi connectivity index (χ1) is 19.0. The van der Waals surface area contributed by atoms with Crippen LogP contribution in [0.5, 0.6) is 0 Å². The largest absolute Gasteiger partial charge is 0.511 e. The molecular weight excluding hydrogens is 500 g/mol. The van der Waals surface area contributed by atoms with Crippen LogP contribution in [-0.4, -0.2) is 33.7 Å². The Hall–Kier alpha value is -2.40. The first kappa shape index (κ1) is 29.1. The lowest BCUT2D eigenvalue weighted by Crippen LogP contribution is -2.54. The Bertz CT molecular complexity index is 1220. The molecule has 5 rings (SSSR count). The molecule has 9 atom stereocenters. The number of esters is 1. The van der Waals surface area contributed by atoms with Gasteiger partial charge in [-0.15, -0.1) is 0 Å². The van der Waals surface area contributed by atoms with Gasteiger partial charge in [0.05, 0.1) is 11.5 Å². The van der Waals surface area contributed by atoms with Crippen LogP contribution in [-0.2, 0) is 14.3 Å². The van der Waals surface area contributed by atoms with E-state index in [1.807, 2.05) is 13.8 Å². The molecule has 0 aromatic heterocycles. The summed E-state index contributed by atoms with van der Waals surface area (Å²) in [7, 11) is 0. The van der Waals surface area contributed by atoms with Crippen LogP contribution in [0.4, 0.5) is 0 Å². The molecule has 1 saturated carbocycles. The van der Waals surface area contributed by atoms with Gasteiger partial charge in [0.2, 0.25) is 5.78 Å². The van der Waals surface area contributed by atoms with Gasteiger partial charge in [0, 0.05) is 17.8 Å². The van der Waals surface area contributed by atoms with Gasteiger partial charge in [0.1, 0.15) is 11.3 Å². The van der Waals surface area contributed by atoms with Crippen LogP contribution in [0.15, 0.2) is 58.9 Å². The fraction of sp³-hybridized carbons (Fsp3) is 0.657. The molecule has 218 valence electrons. The van der Waals surface area contributed by atoms with Crippen molar-refractivity contribution in [2.24, 2.45) is 40.4 Å². The molecule has 40 heavy (non-hydrogen) atoms. The lowest BCUT2D eigenvalue weighted by molar-refractivity contribution is -0.162. The average molecular weight is 549 g/mol. The number of rotatable bonds is 3. The van der Waals surface area contributed by atoms with Gasteiger partial charge in [0.25, 0.3) is 0 Å². The molecule has 0 aromatic rings. The maximum atomic E-state index is 14.8. The number of carbonyl (C=O) groups excluding carboxylic acids is 2. The molecule has 5 aliphatic rings. The fourth-order valence-corrected chi connectivity index (χ4v) is 9.14. The molecule has 2 N–H and O–H groups in total. The summed E-state index contributed by atoms with van der Waals surface area (Å²) in [6.07, 6.45) is 18.3. The quantitative estimate of drug-likeness (QED) is 0.219. The number of allylic oxidation sites excluding steroid dienone is 6. The summed E-state index contributed by atoms with van der Waals surface area (Å²) in [4.78, 5) is 28.7. The van der Waals surface area contributed by atoms with Gasteiger partial charge in [-0.25, -0.2) is 4.79 Å². The van der Waals surface area contributed by atoms with Gasteiger partial charge >= 0.3 is 5.97 Å². The van der Waals surface area contributed by atoms with E-state index in [-0.39, 0.29) is 46.7 Å². The van der Waals surface area contributed by atoms with Crippen LogP contribution in [0.2, 0.25) is 0 Å². The van der Waals surface area contributed by atoms with E-state index in [1.54, 1.807) is 0 Å².